The van der Waals surface area contributed by atoms with Gasteiger partial charge in [0.05, 0.1) is 0 Å². The van der Waals surface area contributed by atoms with Crippen molar-refractivity contribution in [3.8, 4) is 0 Å². The fourth-order valence-corrected chi connectivity index (χ4v) is 4.29. The third-order valence-electron chi connectivity index (χ3n) is 5.48. The first-order valence-electron chi connectivity index (χ1n) is 9.16. The molecular formula is C22H25ClN2. The predicted molar refractivity (Wildman–Crippen MR) is 107 cm³/mol. The van der Waals surface area contributed by atoms with Crippen LogP contribution in [0.1, 0.15) is 22.4 Å². The molecule has 2 heterocycles. The van der Waals surface area contributed by atoms with Crippen LogP contribution in [0.4, 0.5) is 0 Å². The SMILES string of the molecule is Cc1ccc2c(c1)c1c(n2CCc2ccccc2Cl)CCN(C)CC1. The van der Waals surface area contributed by atoms with Gasteiger partial charge in [0.15, 0.2) is 0 Å². The van der Waals surface area contributed by atoms with Crippen LogP contribution in [0.2, 0.25) is 5.02 Å². The third kappa shape index (κ3) is 3.21. The molecule has 0 N–H and O–H groups in total. The minimum atomic E-state index is 0.876. The molecule has 0 bridgehead atoms. The average molecular weight is 353 g/mol. The van der Waals surface area contributed by atoms with Crippen LogP contribution in [0.3, 0.4) is 0 Å². The molecule has 3 aromatic rings. The Morgan fingerprint density at radius 3 is 2.68 bits per heavy atom. The van der Waals surface area contributed by atoms with Gasteiger partial charge in [0, 0.05) is 47.7 Å². The topological polar surface area (TPSA) is 8.17 Å². The van der Waals surface area contributed by atoms with E-state index in [-0.39, 0.29) is 0 Å². The van der Waals surface area contributed by atoms with Crippen LogP contribution in [0.25, 0.3) is 10.9 Å². The lowest BCUT2D eigenvalue weighted by Crippen LogP contribution is -2.21. The third-order valence-corrected chi connectivity index (χ3v) is 5.85. The van der Waals surface area contributed by atoms with Gasteiger partial charge in [-0.3, -0.25) is 0 Å². The minimum absolute atomic E-state index is 0.876. The zero-order valence-corrected chi connectivity index (χ0v) is 15.8. The largest absolute Gasteiger partial charge is 0.344 e. The maximum atomic E-state index is 6.38. The van der Waals surface area contributed by atoms with E-state index in [2.05, 4.69) is 53.8 Å². The Morgan fingerprint density at radius 2 is 1.84 bits per heavy atom. The molecule has 0 radical (unpaired) electrons. The molecule has 1 aromatic heterocycles. The Kier molecular flexibility index (Phi) is 4.58. The van der Waals surface area contributed by atoms with Crippen LogP contribution in [0.15, 0.2) is 42.5 Å². The highest BCUT2D eigenvalue weighted by molar-refractivity contribution is 6.31. The van der Waals surface area contributed by atoms with Crippen LogP contribution in [0, 0.1) is 6.92 Å². The van der Waals surface area contributed by atoms with Crippen LogP contribution in [-0.2, 0) is 25.8 Å². The van der Waals surface area contributed by atoms with Crippen LogP contribution >= 0.6 is 11.6 Å². The van der Waals surface area contributed by atoms with Gasteiger partial charge in [-0.2, -0.15) is 0 Å². The summed E-state index contributed by atoms with van der Waals surface area (Å²) in [6.07, 6.45) is 3.24. The van der Waals surface area contributed by atoms with Crippen LogP contribution < -0.4 is 0 Å². The molecule has 2 nitrogen and oxygen atoms in total. The monoisotopic (exact) mass is 352 g/mol. The molecule has 0 saturated heterocycles. The molecule has 4 rings (SSSR count). The first-order valence-corrected chi connectivity index (χ1v) is 9.54. The highest BCUT2D eigenvalue weighted by Crippen LogP contribution is 2.30. The number of fused-ring (bicyclic) bond motifs is 3. The van der Waals surface area contributed by atoms with E-state index in [4.69, 9.17) is 11.6 Å². The van der Waals surface area contributed by atoms with Crippen molar-refractivity contribution in [2.24, 2.45) is 0 Å². The van der Waals surface area contributed by atoms with E-state index in [1.165, 1.54) is 27.7 Å². The number of aromatic nitrogens is 1. The molecule has 0 spiro atoms. The van der Waals surface area contributed by atoms with Crippen molar-refractivity contribution in [3.63, 3.8) is 0 Å². The zero-order valence-electron chi connectivity index (χ0n) is 15.1. The maximum absolute atomic E-state index is 6.38. The highest BCUT2D eigenvalue weighted by atomic mass is 35.5. The van der Waals surface area contributed by atoms with Crippen molar-refractivity contribution in [1.29, 1.82) is 0 Å². The summed E-state index contributed by atoms with van der Waals surface area (Å²) in [4.78, 5) is 2.44. The van der Waals surface area contributed by atoms with Crippen LogP contribution in [0.5, 0.6) is 0 Å². The number of nitrogens with zero attached hydrogens (tertiary/aromatic N) is 2. The molecular weight excluding hydrogens is 328 g/mol. The first kappa shape index (κ1) is 16.7. The van der Waals surface area contributed by atoms with Crippen LogP contribution in [-0.4, -0.2) is 29.6 Å². The molecule has 0 amide bonds. The summed E-state index contributed by atoms with van der Waals surface area (Å²) < 4.78 is 2.55. The number of aryl methyl sites for hydroxylation is 3. The fourth-order valence-electron chi connectivity index (χ4n) is 4.06. The van der Waals surface area contributed by atoms with E-state index in [1.54, 1.807) is 5.56 Å². The van der Waals surface area contributed by atoms with Gasteiger partial charge in [-0.05, 0) is 56.1 Å². The average Bonchev–Trinajstić information content (AvgIpc) is 2.74. The molecule has 0 unspecified atom stereocenters. The van der Waals surface area contributed by atoms with Gasteiger partial charge in [-0.1, -0.05) is 41.4 Å². The lowest BCUT2D eigenvalue weighted by molar-refractivity contribution is 0.351. The Morgan fingerprint density at radius 1 is 1.04 bits per heavy atom. The van der Waals surface area contributed by atoms with Crippen molar-refractivity contribution in [3.05, 3.63) is 69.9 Å². The number of rotatable bonds is 3. The molecule has 130 valence electrons. The molecule has 0 fully saturated rings. The number of likely N-dealkylation sites (N-methyl/N-ethyl adjacent to an activating group) is 1. The second-order valence-electron chi connectivity index (χ2n) is 7.24. The Labute approximate surface area is 155 Å². The van der Waals surface area contributed by atoms with Crippen molar-refractivity contribution < 1.29 is 0 Å². The number of hydrogen-bond acceptors (Lipinski definition) is 1. The predicted octanol–water partition coefficient (Wildman–Crippen LogP) is 4.88. The van der Waals surface area contributed by atoms with Gasteiger partial charge in [-0.15, -0.1) is 0 Å². The van der Waals surface area contributed by atoms with E-state index < -0.39 is 0 Å². The fraction of sp³-hybridized carbons (Fsp3) is 0.364. The summed E-state index contributed by atoms with van der Waals surface area (Å²) in [5.74, 6) is 0. The molecule has 2 aromatic carbocycles. The first-order chi connectivity index (χ1) is 12.1. The second-order valence-corrected chi connectivity index (χ2v) is 7.65. The smallest absolute Gasteiger partial charge is 0.0485 e. The van der Waals surface area contributed by atoms with Crippen molar-refractivity contribution in [2.75, 3.05) is 20.1 Å². The van der Waals surface area contributed by atoms with Crippen molar-refractivity contribution >= 4 is 22.5 Å². The summed E-state index contributed by atoms with van der Waals surface area (Å²) >= 11 is 6.38. The van der Waals surface area contributed by atoms with Gasteiger partial charge in [0.2, 0.25) is 0 Å². The summed E-state index contributed by atoms with van der Waals surface area (Å²) in [7, 11) is 2.23. The van der Waals surface area contributed by atoms with Gasteiger partial charge in [-0.25, -0.2) is 0 Å². The number of benzene rings is 2. The van der Waals surface area contributed by atoms with Gasteiger partial charge in [0.1, 0.15) is 0 Å². The Balaban J connectivity index is 1.76. The van der Waals surface area contributed by atoms with Gasteiger partial charge in [0.25, 0.3) is 0 Å². The summed E-state index contributed by atoms with van der Waals surface area (Å²) in [5, 5.41) is 2.32. The molecule has 0 saturated carbocycles. The van der Waals surface area contributed by atoms with E-state index in [0.29, 0.717) is 0 Å². The summed E-state index contributed by atoms with van der Waals surface area (Å²) in [6.45, 7) is 5.46. The number of hydrogen-bond donors (Lipinski definition) is 0. The lowest BCUT2D eigenvalue weighted by atomic mass is 10.1. The van der Waals surface area contributed by atoms with Gasteiger partial charge < -0.3 is 9.47 Å². The van der Waals surface area contributed by atoms with E-state index in [9.17, 15) is 0 Å². The zero-order chi connectivity index (χ0) is 17.4. The lowest BCUT2D eigenvalue weighted by Gasteiger charge is -2.14. The normalized spacial score (nSPS) is 15.3. The molecule has 0 atom stereocenters. The standard InChI is InChI=1S/C22H25ClN2/c1-16-7-8-21-19(15-16)18-10-12-24(2)13-11-22(18)25(21)14-9-17-5-3-4-6-20(17)23/h3-8,15H,9-14H2,1-2H3. The number of halogens is 1. The molecule has 0 aliphatic carbocycles. The quantitative estimate of drug-likeness (QED) is 0.652. The Bertz CT molecular complexity index is 910. The molecule has 1 aliphatic heterocycles. The minimum Gasteiger partial charge on any atom is -0.344 e. The maximum Gasteiger partial charge on any atom is 0.0485 e. The van der Waals surface area contributed by atoms with Crippen molar-refractivity contribution in [2.45, 2.75) is 32.7 Å². The van der Waals surface area contributed by atoms with E-state index in [0.717, 1.165) is 43.9 Å². The van der Waals surface area contributed by atoms with E-state index in [1.807, 2.05) is 12.1 Å². The Hall–Kier alpha value is -1.77. The molecule has 3 heteroatoms. The van der Waals surface area contributed by atoms with Crippen molar-refractivity contribution in [1.82, 2.24) is 9.47 Å². The molecule has 1 aliphatic rings. The molecule has 25 heavy (non-hydrogen) atoms. The summed E-state index contributed by atoms with van der Waals surface area (Å²) in [5.41, 5.74) is 7.04. The second kappa shape index (κ2) is 6.86. The van der Waals surface area contributed by atoms with E-state index >= 15 is 0 Å². The van der Waals surface area contributed by atoms with Gasteiger partial charge >= 0.3 is 0 Å². The summed E-state index contributed by atoms with van der Waals surface area (Å²) in [6, 6.07) is 15.1. The highest BCUT2D eigenvalue weighted by Gasteiger charge is 2.20.